The SMILES string of the molecule is N[C@@H](Cc1ccccc1)C(=O)NCC(=O)N[C@@H](Cc1ccccc1)C(=O)N[C@@H](CC(=O)O)C(=O)NCC(=O)N[C@@H](CC(=O)O)C(=O)N[C@@H](Cc1ccccc1)C(=O)O. The Hall–Kier alpha value is -7.15. The molecule has 0 saturated carbocycles. The van der Waals surface area contributed by atoms with Crippen molar-refractivity contribution in [1.82, 2.24) is 31.9 Å². The average Bonchev–Trinajstić information content (AvgIpc) is 3.18. The van der Waals surface area contributed by atoms with Crippen LogP contribution in [0.4, 0.5) is 0 Å². The molecule has 0 heterocycles. The Kier molecular flexibility index (Phi) is 18.0. The van der Waals surface area contributed by atoms with Crippen molar-refractivity contribution in [3.8, 4) is 0 Å². The summed E-state index contributed by atoms with van der Waals surface area (Å²) in [6.45, 7) is -1.49. The molecule has 0 radical (unpaired) electrons. The number of aliphatic carboxylic acids is 3. The molecule has 0 aliphatic rings. The van der Waals surface area contributed by atoms with Crippen LogP contribution in [0.25, 0.3) is 0 Å². The van der Waals surface area contributed by atoms with Crippen molar-refractivity contribution >= 4 is 53.4 Å². The van der Waals surface area contributed by atoms with Gasteiger partial charge in [-0.2, -0.15) is 0 Å². The molecule has 0 aliphatic heterocycles. The van der Waals surface area contributed by atoms with Crippen molar-refractivity contribution in [2.75, 3.05) is 13.1 Å². The van der Waals surface area contributed by atoms with Gasteiger partial charge in [-0.15, -0.1) is 0 Å². The van der Waals surface area contributed by atoms with Gasteiger partial charge in [0.15, 0.2) is 0 Å². The average molecular weight is 804 g/mol. The normalized spacial score (nSPS) is 13.2. The summed E-state index contributed by atoms with van der Waals surface area (Å²) in [5, 5.41) is 42.0. The first kappa shape index (κ1) is 45.2. The van der Waals surface area contributed by atoms with Crippen LogP contribution in [0, 0.1) is 0 Å². The number of amides is 6. The topological polar surface area (TPSA) is 313 Å². The van der Waals surface area contributed by atoms with E-state index in [-0.39, 0.29) is 19.3 Å². The zero-order chi connectivity index (χ0) is 42.6. The van der Waals surface area contributed by atoms with E-state index in [1.165, 1.54) is 0 Å². The highest BCUT2D eigenvalue weighted by atomic mass is 16.4. The fraction of sp³-hybridized carbons (Fsp3) is 0.308. The third-order valence-electron chi connectivity index (χ3n) is 8.36. The molecule has 19 nitrogen and oxygen atoms in total. The standard InChI is InChI=1S/C39H45N7O12/c40-26(16-23-10-4-1-5-11-23)35(53)41-21-31(47)43-27(17-24-12-6-2-7-13-24)37(55)45-28(19-33(49)50)36(54)42-22-32(48)44-29(20-34(51)52)38(56)46-30(39(57)58)18-25-14-8-3-9-15-25/h1-15,26-30H,16-22,40H2,(H,41,53)(H,42,54)(H,43,47)(H,44,48)(H,45,55)(H,46,56)(H,49,50)(H,51,52)(H,57,58)/t26-,27-,28-,29-,30-/m0/s1. The van der Waals surface area contributed by atoms with Gasteiger partial charge in [-0.3, -0.25) is 38.4 Å². The summed E-state index contributed by atoms with van der Waals surface area (Å²) in [4.78, 5) is 113. The third kappa shape index (κ3) is 16.3. The smallest absolute Gasteiger partial charge is 0.326 e. The second kappa shape index (κ2) is 23.0. The zero-order valence-corrected chi connectivity index (χ0v) is 31.1. The van der Waals surface area contributed by atoms with Gasteiger partial charge in [0.1, 0.15) is 24.2 Å². The van der Waals surface area contributed by atoms with Crippen LogP contribution in [-0.2, 0) is 62.4 Å². The summed E-state index contributed by atoms with van der Waals surface area (Å²) in [7, 11) is 0. The van der Waals surface area contributed by atoms with E-state index in [2.05, 4.69) is 31.9 Å². The number of hydrogen-bond acceptors (Lipinski definition) is 10. The van der Waals surface area contributed by atoms with Gasteiger partial charge in [0.25, 0.3) is 0 Å². The fourth-order valence-corrected chi connectivity index (χ4v) is 5.46. The number of carbonyl (C=O) groups excluding carboxylic acids is 6. The Morgan fingerprint density at radius 3 is 1.26 bits per heavy atom. The summed E-state index contributed by atoms with van der Waals surface area (Å²) in [5.41, 5.74) is 7.90. The molecule has 3 aromatic carbocycles. The number of nitrogens with two attached hydrogens (primary N) is 1. The molecule has 0 aromatic heterocycles. The van der Waals surface area contributed by atoms with Gasteiger partial charge >= 0.3 is 17.9 Å². The molecule has 0 fully saturated rings. The van der Waals surface area contributed by atoms with E-state index in [0.717, 1.165) is 5.56 Å². The quantitative estimate of drug-likeness (QED) is 0.0509. The van der Waals surface area contributed by atoms with Crippen molar-refractivity contribution in [2.24, 2.45) is 5.73 Å². The first-order valence-corrected chi connectivity index (χ1v) is 17.9. The van der Waals surface area contributed by atoms with Crippen LogP contribution in [0.15, 0.2) is 91.0 Å². The summed E-state index contributed by atoms with van der Waals surface area (Å²) < 4.78 is 0. The van der Waals surface area contributed by atoms with E-state index in [4.69, 9.17) is 5.73 Å². The van der Waals surface area contributed by atoms with E-state index in [1.807, 2.05) is 0 Å². The van der Waals surface area contributed by atoms with Crippen LogP contribution < -0.4 is 37.6 Å². The second-order valence-corrected chi connectivity index (χ2v) is 13.0. The van der Waals surface area contributed by atoms with Gasteiger partial charge in [0, 0.05) is 12.8 Å². The van der Waals surface area contributed by atoms with Gasteiger partial charge in [-0.1, -0.05) is 91.0 Å². The Morgan fingerprint density at radius 1 is 0.448 bits per heavy atom. The number of rotatable bonds is 23. The molecule has 58 heavy (non-hydrogen) atoms. The van der Waals surface area contributed by atoms with Crippen LogP contribution in [0.3, 0.4) is 0 Å². The molecule has 11 N–H and O–H groups in total. The Balaban J connectivity index is 1.64. The molecular formula is C39H45N7O12. The number of carboxylic acid groups (broad SMARTS) is 3. The lowest BCUT2D eigenvalue weighted by molar-refractivity contribution is -0.143. The van der Waals surface area contributed by atoms with Crippen LogP contribution in [0.1, 0.15) is 29.5 Å². The van der Waals surface area contributed by atoms with Gasteiger partial charge in [-0.05, 0) is 23.1 Å². The van der Waals surface area contributed by atoms with Gasteiger partial charge < -0.3 is 53.0 Å². The maximum atomic E-state index is 13.5. The predicted molar refractivity (Wildman–Crippen MR) is 204 cm³/mol. The van der Waals surface area contributed by atoms with Crippen molar-refractivity contribution in [2.45, 2.75) is 62.3 Å². The van der Waals surface area contributed by atoms with Crippen molar-refractivity contribution in [1.29, 1.82) is 0 Å². The highest BCUT2D eigenvalue weighted by Gasteiger charge is 2.31. The van der Waals surface area contributed by atoms with Crippen LogP contribution in [0.5, 0.6) is 0 Å². The minimum atomic E-state index is -1.80. The minimum Gasteiger partial charge on any atom is -0.481 e. The molecule has 0 unspecified atom stereocenters. The first-order chi connectivity index (χ1) is 27.6. The fourth-order valence-electron chi connectivity index (χ4n) is 5.46. The van der Waals surface area contributed by atoms with E-state index in [0.29, 0.717) is 11.1 Å². The minimum absolute atomic E-state index is 0.120. The monoisotopic (exact) mass is 803 g/mol. The second-order valence-electron chi connectivity index (χ2n) is 13.0. The van der Waals surface area contributed by atoms with Crippen LogP contribution in [-0.4, -0.2) is 112 Å². The zero-order valence-electron chi connectivity index (χ0n) is 31.1. The molecule has 3 aromatic rings. The van der Waals surface area contributed by atoms with Crippen LogP contribution >= 0.6 is 0 Å². The maximum Gasteiger partial charge on any atom is 0.326 e. The molecule has 0 saturated heterocycles. The lowest BCUT2D eigenvalue weighted by Gasteiger charge is -2.23. The van der Waals surface area contributed by atoms with E-state index >= 15 is 0 Å². The highest BCUT2D eigenvalue weighted by molar-refractivity contribution is 5.97. The molecule has 308 valence electrons. The van der Waals surface area contributed by atoms with E-state index in [9.17, 15) is 58.5 Å². The summed E-state index contributed by atoms with van der Waals surface area (Å²) in [6, 6.07) is 18.1. The Morgan fingerprint density at radius 2 is 0.810 bits per heavy atom. The highest BCUT2D eigenvalue weighted by Crippen LogP contribution is 2.07. The molecular weight excluding hydrogens is 758 g/mol. The number of carboxylic acids is 3. The summed E-state index contributed by atoms with van der Waals surface area (Å²) >= 11 is 0. The first-order valence-electron chi connectivity index (χ1n) is 17.9. The molecule has 0 spiro atoms. The summed E-state index contributed by atoms with van der Waals surface area (Å²) in [5.74, 6) is -10.3. The van der Waals surface area contributed by atoms with Crippen molar-refractivity contribution < 1.29 is 58.5 Å². The lowest BCUT2D eigenvalue weighted by atomic mass is 10.0. The molecule has 6 amide bonds. The largest absolute Gasteiger partial charge is 0.481 e. The van der Waals surface area contributed by atoms with Crippen molar-refractivity contribution in [3.63, 3.8) is 0 Å². The van der Waals surface area contributed by atoms with E-state index < -0.39 is 109 Å². The maximum absolute atomic E-state index is 13.5. The number of carbonyl (C=O) groups is 9. The van der Waals surface area contributed by atoms with E-state index in [1.54, 1.807) is 91.0 Å². The van der Waals surface area contributed by atoms with Crippen LogP contribution in [0.2, 0.25) is 0 Å². The van der Waals surface area contributed by atoms with Crippen molar-refractivity contribution in [3.05, 3.63) is 108 Å². The molecule has 0 aliphatic carbocycles. The number of hydrogen-bond donors (Lipinski definition) is 10. The lowest BCUT2D eigenvalue weighted by Crippen LogP contribution is -2.57. The third-order valence-corrected chi connectivity index (χ3v) is 8.36. The van der Waals surface area contributed by atoms with Gasteiger partial charge in [0.05, 0.1) is 32.0 Å². The number of nitrogens with one attached hydrogen (secondary N) is 6. The Labute approximate surface area is 332 Å². The molecule has 3 rings (SSSR count). The van der Waals surface area contributed by atoms with Gasteiger partial charge in [0.2, 0.25) is 35.4 Å². The predicted octanol–water partition coefficient (Wildman–Crippen LogP) is -1.75. The summed E-state index contributed by atoms with van der Waals surface area (Å²) in [6.07, 6.45) is -2.01. The molecule has 0 bridgehead atoms. The molecule has 5 atom stereocenters. The van der Waals surface area contributed by atoms with Gasteiger partial charge in [-0.25, -0.2) is 4.79 Å². The molecule has 19 heteroatoms. The number of benzene rings is 3. The Bertz CT molecular complexity index is 1920.